The van der Waals surface area contributed by atoms with Crippen LogP contribution in [0.1, 0.15) is 20.8 Å². The summed E-state index contributed by atoms with van der Waals surface area (Å²) in [6.45, 7) is 7.74. The normalized spacial score (nSPS) is 18.6. The van der Waals surface area contributed by atoms with Crippen LogP contribution in [0.3, 0.4) is 0 Å². The molecule has 2 amide bonds. The van der Waals surface area contributed by atoms with Crippen LogP contribution in [0.4, 0.5) is 25.4 Å². The number of hydrogen-bond acceptors (Lipinski definition) is 7. The summed E-state index contributed by atoms with van der Waals surface area (Å²) in [7, 11) is 0. The van der Waals surface area contributed by atoms with E-state index in [1.165, 1.54) is 11.0 Å². The predicted molar refractivity (Wildman–Crippen MR) is 124 cm³/mol. The Hall–Kier alpha value is -3.56. The number of aromatic nitrogens is 1. The van der Waals surface area contributed by atoms with Crippen LogP contribution in [0.25, 0.3) is 0 Å². The van der Waals surface area contributed by atoms with Crippen molar-refractivity contribution in [2.45, 2.75) is 32.5 Å². The molecule has 0 radical (unpaired) electrons. The lowest BCUT2D eigenvalue weighted by Crippen LogP contribution is -2.50. The summed E-state index contributed by atoms with van der Waals surface area (Å²) in [5.41, 5.74) is 0.288. The topological polar surface area (TPSA) is 84.4 Å². The van der Waals surface area contributed by atoms with Gasteiger partial charge in [0.15, 0.2) is 6.10 Å². The van der Waals surface area contributed by atoms with E-state index >= 15 is 4.39 Å². The zero-order valence-electron chi connectivity index (χ0n) is 19.6. The molecule has 2 fully saturated rings. The number of anilines is 2. The predicted octanol–water partition coefficient (Wildman–Crippen LogP) is 3.68. The number of amides is 2. The highest BCUT2D eigenvalue weighted by Gasteiger charge is 2.34. The van der Waals surface area contributed by atoms with Crippen molar-refractivity contribution in [2.24, 2.45) is 0 Å². The number of rotatable bonds is 5. The molecule has 3 heterocycles. The second-order valence-corrected chi connectivity index (χ2v) is 9.21. The van der Waals surface area contributed by atoms with Crippen molar-refractivity contribution in [3.8, 4) is 5.75 Å². The molecule has 1 atom stereocenters. The number of hydrogen-bond donors (Lipinski definition) is 0. The van der Waals surface area contributed by atoms with Gasteiger partial charge in [-0.2, -0.15) is 0 Å². The molecule has 10 heteroatoms. The summed E-state index contributed by atoms with van der Waals surface area (Å²) in [6, 6.07) is 8.21. The van der Waals surface area contributed by atoms with E-state index in [4.69, 9.17) is 14.2 Å². The Morgan fingerprint density at radius 3 is 2.62 bits per heavy atom. The zero-order valence-corrected chi connectivity index (χ0v) is 19.6. The third-order valence-corrected chi connectivity index (χ3v) is 5.46. The minimum Gasteiger partial charge on any atom is -0.488 e. The molecule has 2 saturated heterocycles. The van der Waals surface area contributed by atoms with Crippen LogP contribution in [0.15, 0.2) is 42.7 Å². The standard InChI is InChI=1S/C24H29FN4O5/c1-24(2,3)34-22(30)28-11-9-27(10-12-28)21-7-6-17(13-20(21)25)29-15-19(33-23(29)31)16-32-18-5-4-8-26-14-18/h4-8,13-14,19H,9-12,15-16H2,1-3H3. The molecule has 2 aliphatic heterocycles. The van der Waals surface area contributed by atoms with E-state index in [9.17, 15) is 9.59 Å². The highest BCUT2D eigenvalue weighted by atomic mass is 19.1. The number of cyclic esters (lactones) is 1. The maximum absolute atomic E-state index is 15.0. The van der Waals surface area contributed by atoms with Crippen molar-refractivity contribution >= 4 is 23.6 Å². The van der Waals surface area contributed by atoms with Crippen molar-refractivity contribution in [1.29, 1.82) is 0 Å². The number of ether oxygens (including phenoxy) is 3. The first-order valence-electron chi connectivity index (χ1n) is 11.2. The number of carbonyl (C=O) groups excluding carboxylic acids is 2. The minimum absolute atomic E-state index is 0.177. The number of benzene rings is 1. The summed E-state index contributed by atoms with van der Waals surface area (Å²) in [4.78, 5) is 33.5. The summed E-state index contributed by atoms with van der Waals surface area (Å²) in [5.74, 6) is 0.144. The van der Waals surface area contributed by atoms with Gasteiger partial charge in [-0.05, 0) is 51.1 Å². The summed E-state index contributed by atoms with van der Waals surface area (Å²) in [5, 5.41) is 0. The van der Waals surface area contributed by atoms with Crippen LogP contribution in [0.5, 0.6) is 5.75 Å². The molecule has 0 N–H and O–H groups in total. The fraction of sp³-hybridized carbons (Fsp3) is 0.458. The summed E-state index contributed by atoms with van der Waals surface area (Å²) >= 11 is 0. The van der Waals surface area contributed by atoms with E-state index in [-0.39, 0.29) is 19.2 Å². The molecule has 0 bridgehead atoms. The van der Waals surface area contributed by atoms with E-state index in [1.807, 2.05) is 25.7 Å². The van der Waals surface area contributed by atoms with Crippen molar-refractivity contribution in [3.63, 3.8) is 0 Å². The number of pyridine rings is 1. The molecule has 1 aromatic carbocycles. The Morgan fingerprint density at radius 2 is 1.97 bits per heavy atom. The van der Waals surface area contributed by atoms with Gasteiger partial charge in [-0.15, -0.1) is 0 Å². The van der Waals surface area contributed by atoms with Gasteiger partial charge in [0.05, 0.1) is 24.1 Å². The van der Waals surface area contributed by atoms with Gasteiger partial charge in [0, 0.05) is 32.4 Å². The molecule has 1 unspecified atom stereocenters. The number of halogens is 1. The van der Waals surface area contributed by atoms with Gasteiger partial charge in [0.25, 0.3) is 0 Å². The first-order valence-corrected chi connectivity index (χ1v) is 11.2. The second-order valence-electron chi connectivity index (χ2n) is 9.21. The first-order chi connectivity index (χ1) is 16.2. The molecule has 1 aromatic heterocycles. The van der Waals surface area contributed by atoms with E-state index in [0.717, 1.165) is 0 Å². The Bertz CT molecular complexity index is 1020. The van der Waals surface area contributed by atoms with Gasteiger partial charge in [-0.25, -0.2) is 14.0 Å². The number of carbonyl (C=O) groups is 2. The van der Waals surface area contributed by atoms with Gasteiger partial charge < -0.3 is 24.0 Å². The fourth-order valence-corrected chi connectivity index (χ4v) is 3.82. The van der Waals surface area contributed by atoms with Crippen LogP contribution in [0, 0.1) is 5.82 Å². The number of piperazine rings is 1. The first kappa shape index (κ1) is 23.6. The molecule has 0 saturated carbocycles. The van der Waals surface area contributed by atoms with E-state index in [2.05, 4.69) is 4.98 Å². The monoisotopic (exact) mass is 472 g/mol. The van der Waals surface area contributed by atoms with Crippen molar-refractivity contribution in [2.75, 3.05) is 49.1 Å². The minimum atomic E-state index is -0.559. The molecule has 0 aliphatic carbocycles. The number of nitrogens with zero attached hydrogens (tertiary/aromatic N) is 4. The Kier molecular flexibility index (Phi) is 6.76. The molecule has 0 spiro atoms. The largest absolute Gasteiger partial charge is 0.488 e. The van der Waals surface area contributed by atoms with E-state index in [1.54, 1.807) is 41.6 Å². The smallest absolute Gasteiger partial charge is 0.414 e. The lowest BCUT2D eigenvalue weighted by Gasteiger charge is -2.37. The Morgan fingerprint density at radius 1 is 1.21 bits per heavy atom. The molecular formula is C24H29FN4O5. The van der Waals surface area contributed by atoms with Gasteiger partial charge >= 0.3 is 12.2 Å². The molecule has 4 rings (SSSR count). The van der Waals surface area contributed by atoms with Gasteiger partial charge in [0.1, 0.15) is 23.8 Å². The molecule has 182 valence electrons. The lowest BCUT2D eigenvalue weighted by molar-refractivity contribution is 0.0240. The van der Waals surface area contributed by atoms with Crippen LogP contribution in [-0.4, -0.2) is 73.1 Å². The second kappa shape index (κ2) is 9.74. The molecule has 9 nitrogen and oxygen atoms in total. The lowest BCUT2D eigenvalue weighted by atomic mass is 10.2. The third-order valence-electron chi connectivity index (χ3n) is 5.46. The zero-order chi connectivity index (χ0) is 24.3. The van der Waals surface area contributed by atoms with Crippen LogP contribution >= 0.6 is 0 Å². The third kappa shape index (κ3) is 5.67. The quantitative estimate of drug-likeness (QED) is 0.656. The Balaban J connectivity index is 1.33. The van der Waals surface area contributed by atoms with Crippen molar-refractivity contribution in [1.82, 2.24) is 9.88 Å². The maximum atomic E-state index is 15.0. The van der Waals surface area contributed by atoms with Crippen LogP contribution in [-0.2, 0) is 9.47 Å². The average Bonchev–Trinajstić information content (AvgIpc) is 3.18. The van der Waals surface area contributed by atoms with Crippen LogP contribution < -0.4 is 14.5 Å². The fourth-order valence-electron chi connectivity index (χ4n) is 3.82. The Labute approximate surface area is 198 Å². The highest BCUT2D eigenvalue weighted by Crippen LogP contribution is 2.29. The molecular weight excluding hydrogens is 443 g/mol. The molecule has 34 heavy (non-hydrogen) atoms. The molecule has 2 aliphatic rings. The van der Waals surface area contributed by atoms with Crippen molar-refractivity contribution < 1.29 is 28.2 Å². The van der Waals surface area contributed by atoms with Crippen LogP contribution in [0.2, 0.25) is 0 Å². The van der Waals surface area contributed by atoms with Gasteiger partial charge in [-0.3, -0.25) is 9.88 Å². The SMILES string of the molecule is CC(C)(C)OC(=O)N1CCN(c2ccc(N3CC(COc4cccnc4)OC3=O)cc2F)CC1. The van der Waals surface area contributed by atoms with Crippen molar-refractivity contribution in [3.05, 3.63) is 48.5 Å². The summed E-state index contributed by atoms with van der Waals surface area (Å²) < 4.78 is 31.4. The molecule has 2 aromatic rings. The average molecular weight is 473 g/mol. The maximum Gasteiger partial charge on any atom is 0.414 e. The highest BCUT2D eigenvalue weighted by molar-refractivity contribution is 5.90. The van der Waals surface area contributed by atoms with Gasteiger partial charge in [-0.1, -0.05) is 0 Å². The van der Waals surface area contributed by atoms with E-state index < -0.39 is 23.6 Å². The van der Waals surface area contributed by atoms with Gasteiger partial charge in [0.2, 0.25) is 0 Å². The summed E-state index contributed by atoms with van der Waals surface area (Å²) in [6.07, 6.45) is 1.84. The van der Waals surface area contributed by atoms with E-state index in [0.29, 0.717) is 43.3 Å².